The molecule has 1 rings (SSSR count). The van der Waals surface area contributed by atoms with Crippen molar-refractivity contribution in [2.45, 2.75) is 70.1 Å². The van der Waals surface area contributed by atoms with Gasteiger partial charge in [-0.3, -0.25) is 0 Å². The van der Waals surface area contributed by atoms with Gasteiger partial charge in [0.25, 0.3) is 0 Å². The maximum absolute atomic E-state index is 5.39. The number of allylic oxidation sites excluding steroid dienone is 1. The monoisotopic (exact) mass is 225 g/mol. The molecule has 1 atom stereocenters. The molecule has 0 amide bonds. The summed E-state index contributed by atoms with van der Waals surface area (Å²) in [4.78, 5) is 0. The van der Waals surface area contributed by atoms with Gasteiger partial charge in [0.05, 0.1) is 6.10 Å². The van der Waals surface area contributed by atoms with Gasteiger partial charge in [-0.2, -0.15) is 0 Å². The largest absolute Gasteiger partial charge is 0.381 e. The molecular formula is C14H27NO. The van der Waals surface area contributed by atoms with E-state index < -0.39 is 0 Å². The Bertz CT molecular complexity index is 185. The van der Waals surface area contributed by atoms with Gasteiger partial charge < -0.3 is 10.1 Å². The molecule has 0 aromatic carbocycles. The van der Waals surface area contributed by atoms with Crippen LogP contribution < -0.4 is 5.32 Å². The van der Waals surface area contributed by atoms with Crippen LogP contribution >= 0.6 is 0 Å². The highest BCUT2D eigenvalue weighted by Gasteiger charge is 2.21. The fraction of sp³-hybridized carbons (Fsp3) is 0.857. The van der Waals surface area contributed by atoms with Gasteiger partial charge >= 0.3 is 0 Å². The van der Waals surface area contributed by atoms with E-state index in [-0.39, 0.29) is 0 Å². The standard InChI is InChI=1S/C14H27NO/c1-4-5-6-7-12(2)15-13-8-10-14(16-3)11-9-13/h4,12-15H,1,5-11H2,2-3H3. The van der Waals surface area contributed by atoms with Gasteiger partial charge in [0.1, 0.15) is 0 Å². The molecule has 16 heavy (non-hydrogen) atoms. The smallest absolute Gasteiger partial charge is 0.0572 e. The van der Waals surface area contributed by atoms with E-state index in [1.807, 2.05) is 13.2 Å². The maximum atomic E-state index is 5.39. The highest BCUT2D eigenvalue weighted by atomic mass is 16.5. The SMILES string of the molecule is C=CCCCC(C)NC1CCC(OC)CC1. The van der Waals surface area contributed by atoms with Crippen molar-refractivity contribution in [3.05, 3.63) is 12.7 Å². The minimum atomic E-state index is 0.508. The van der Waals surface area contributed by atoms with Gasteiger partial charge in [0.15, 0.2) is 0 Å². The fourth-order valence-electron chi connectivity index (χ4n) is 2.52. The first kappa shape index (κ1) is 13.7. The van der Waals surface area contributed by atoms with Gasteiger partial charge in [0.2, 0.25) is 0 Å². The van der Waals surface area contributed by atoms with Crippen LogP contribution in [-0.2, 0) is 4.74 Å². The van der Waals surface area contributed by atoms with Gasteiger partial charge in [-0.05, 0) is 51.9 Å². The van der Waals surface area contributed by atoms with Crippen LogP contribution in [0.3, 0.4) is 0 Å². The lowest BCUT2D eigenvalue weighted by Crippen LogP contribution is -2.40. The van der Waals surface area contributed by atoms with Crippen LogP contribution in [0.1, 0.15) is 51.9 Å². The van der Waals surface area contributed by atoms with Gasteiger partial charge in [0, 0.05) is 19.2 Å². The maximum Gasteiger partial charge on any atom is 0.0572 e. The van der Waals surface area contributed by atoms with E-state index in [9.17, 15) is 0 Å². The minimum absolute atomic E-state index is 0.508. The fourth-order valence-corrected chi connectivity index (χ4v) is 2.52. The normalized spacial score (nSPS) is 27.6. The topological polar surface area (TPSA) is 21.3 Å². The molecule has 0 spiro atoms. The Morgan fingerprint density at radius 3 is 2.62 bits per heavy atom. The van der Waals surface area contributed by atoms with Crippen LogP contribution in [0.2, 0.25) is 0 Å². The molecule has 1 fully saturated rings. The average molecular weight is 225 g/mol. The van der Waals surface area contributed by atoms with Crippen molar-refractivity contribution in [1.82, 2.24) is 5.32 Å². The lowest BCUT2D eigenvalue weighted by Gasteiger charge is -2.30. The quantitative estimate of drug-likeness (QED) is 0.530. The summed E-state index contributed by atoms with van der Waals surface area (Å²) in [7, 11) is 1.83. The summed E-state index contributed by atoms with van der Waals surface area (Å²) in [6.07, 6.45) is 11.1. The Labute approximate surface area is 100 Å². The highest BCUT2D eigenvalue weighted by molar-refractivity contribution is 4.80. The van der Waals surface area contributed by atoms with Crippen LogP contribution in [0.25, 0.3) is 0 Å². The van der Waals surface area contributed by atoms with Gasteiger partial charge in [-0.15, -0.1) is 6.58 Å². The third kappa shape index (κ3) is 5.13. The third-order valence-electron chi connectivity index (χ3n) is 3.57. The Morgan fingerprint density at radius 1 is 1.38 bits per heavy atom. The van der Waals surface area contributed by atoms with E-state index in [0.29, 0.717) is 18.2 Å². The van der Waals surface area contributed by atoms with Crippen LogP contribution in [0.15, 0.2) is 12.7 Å². The first-order valence-electron chi connectivity index (χ1n) is 6.66. The number of methoxy groups -OCH3 is 1. The zero-order valence-corrected chi connectivity index (χ0v) is 10.9. The molecule has 0 bridgehead atoms. The average Bonchev–Trinajstić information content (AvgIpc) is 2.30. The van der Waals surface area contributed by atoms with Crippen molar-refractivity contribution in [1.29, 1.82) is 0 Å². The Kier molecular flexibility index (Phi) is 6.74. The summed E-state index contributed by atoms with van der Waals surface area (Å²) in [6, 6.07) is 1.36. The summed E-state index contributed by atoms with van der Waals surface area (Å²) in [6.45, 7) is 6.05. The van der Waals surface area contributed by atoms with Crippen LogP contribution in [0, 0.1) is 0 Å². The van der Waals surface area contributed by atoms with Crippen molar-refractivity contribution >= 4 is 0 Å². The van der Waals surface area contributed by atoms with E-state index >= 15 is 0 Å². The third-order valence-corrected chi connectivity index (χ3v) is 3.57. The number of nitrogens with one attached hydrogen (secondary N) is 1. The summed E-state index contributed by atoms with van der Waals surface area (Å²) < 4.78 is 5.39. The van der Waals surface area contributed by atoms with E-state index in [1.165, 1.54) is 38.5 Å². The van der Waals surface area contributed by atoms with Crippen molar-refractivity contribution in [3.8, 4) is 0 Å². The second-order valence-electron chi connectivity index (χ2n) is 5.00. The second kappa shape index (κ2) is 7.86. The van der Waals surface area contributed by atoms with Crippen molar-refractivity contribution in [2.75, 3.05) is 7.11 Å². The van der Waals surface area contributed by atoms with Crippen molar-refractivity contribution in [3.63, 3.8) is 0 Å². The van der Waals surface area contributed by atoms with Crippen molar-refractivity contribution in [2.24, 2.45) is 0 Å². The summed E-state index contributed by atoms with van der Waals surface area (Å²) in [5.74, 6) is 0. The molecule has 0 aliphatic heterocycles. The summed E-state index contributed by atoms with van der Waals surface area (Å²) in [5, 5.41) is 3.73. The first-order chi connectivity index (χ1) is 7.76. The second-order valence-corrected chi connectivity index (χ2v) is 5.00. The van der Waals surface area contributed by atoms with E-state index in [0.717, 1.165) is 6.42 Å². The number of rotatable bonds is 7. The van der Waals surface area contributed by atoms with Gasteiger partial charge in [-0.1, -0.05) is 6.08 Å². The molecule has 0 heterocycles. The van der Waals surface area contributed by atoms with E-state index in [1.54, 1.807) is 0 Å². The van der Waals surface area contributed by atoms with Crippen LogP contribution in [-0.4, -0.2) is 25.3 Å². The Hall–Kier alpha value is -0.340. The molecule has 1 unspecified atom stereocenters. The summed E-state index contributed by atoms with van der Waals surface area (Å²) in [5.41, 5.74) is 0. The lowest BCUT2D eigenvalue weighted by molar-refractivity contribution is 0.0612. The summed E-state index contributed by atoms with van der Waals surface area (Å²) >= 11 is 0. The van der Waals surface area contributed by atoms with Crippen molar-refractivity contribution < 1.29 is 4.74 Å². The molecular weight excluding hydrogens is 198 g/mol. The molecule has 94 valence electrons. The number of ether oxygens (including phenoxy) is 1. The van der Waals surface area contributed by atoms with Crippen LogP contribution in [0.5, 0.6) is 0 Å². The lowest BCUT2D eigenvalue weighted by atomic mass is 9.92. The minimum Gasteiger partial charge on any atom is -0.381 e. The first-order valence-corrected chi connectivity index (χ1v) is 6.66. The zero-order chi connectivity index (χ0) is 11.8. The Balaban J connectivity index is 2.10. The van der Waals surface area contributed by atoms with Crippen LogP contribution in [0.4, 0.5) is 0 Å². The molecule has 2 heteroatoms. The number of unbranched alkanes of at least 4 members (excludes halogenated alkanes) is 1. The molecule has 0 saturated heterocycles. The molecule has 0 radical (unpaired) electrons. The number of hydrogen-bond donors (Lipinski definition) is 1. The molecule has 1 aliphatic rings. The highest BCUT2D eigenvalue weighted by Crippen LogP contribution is 2.21. The molecule has 0 aromatic rings. The van der Waals surface area contributed by atoms with Gasteiger partial charge in [-0.25, -0.2) is 0 Å². The molecule has 1 aliphatic carbocycles. The Morgan fingerprint density at radius 2 is 2.06 bits per heavy atom. The molecule has 1 N–H and O–H groups in total. The molecule has 1 saturated carbocycles. The van der Waals surface area contributed by atoms with E-state index in [2.05, 4.69) is 18.8 Å². The van der Waals surface area contributed by atoms with E-state index in [4.69, 9.17) is 4.74 Å². The molecule has 2 nitrogen and oxygen atoms in total. The predicted molar refractivity (Wildman–Crippen MR) is 69.7 cm³/mol. The number of hydrogen-bond acceptors (Lipinski definition) is 2. The predicted octanol–water partition coefficient (Wildman–Crippen LogP) is 3.28. The molecule has 0 aromatic heterocycles. The zero-order valence-electron chi connectivity index (χ0n) is 10.9.